The van der Waals surface area contributed by atoms with Gasteiger partial charge in [0.25, 0.3) is 0 Å². The van der Waals surface area contributed by atoms with Crippen molar-refractivity contribution in [2.24, 2.45) is 0 Å². The molecule has 0 aliphatic rings. The van der Waals surface area contributed by atoms with Crippen molar-refractivity contribution >= 4 is 11.6 Å². The van der Waals surface area contributed by atoms with E-state index in [1.807, 2.05) is 0 Å². The molecule has 120 valence electrons. The minimum Gasteiger partial charge on any atom is -0.370 e. The average molecular weight is 293 g/mol. The summed E-state index contributed by atoms with van der Waals surface area (Å²) >= 11 is 0. The van der Waals surface area contributed by atoms with Gasteiger partial charge in [-0.15, -0.1) is 0 Å². The molecule has 0 saturated carbocycles. The first-order valence-corrected chi connectivity index (χ1v) is 8.00. The Bertz CT molecular complexity index is 417. The number of aromatic nitrogens is 2. The zero-order valence-electron chi connectivity index (χ0n) is 14.4. The second-order valence-corrected chi connectivity index (χ2v) is 6.02. The number of nitrogens with zero attached hydrogens (tertiary/aromatic N) is 3. The van der Waals surface area contributed by atoms with Crippen molar-refractivity contribution in [3.05, 3.63) is 11.9 Å². The summed E-state index contributed by atoms with van der Waals surface area (Å²) in [6.45, 7) is 13.8. The summed E-state index contributed by atoms with van der Waals surface area (Å²) < 4.78 is 0. The van der Waals surface area contributed by atoms with Crippen LogP contribution in [-0.2, 0) is 0 Å². The van der Waals surface area contributed by atoms with Gasteiger partial charge < -0.3 is 15.5 Å². The third-order valence-corrected chi connectivity index (χ3v) is 3.67. The molecule has 1 aromatic rings. The molecule has 0 unspecified atom stereocenters. The van der Waals surface area contributed by atoms with Gasteiger partial charge in [-0.1, -0.05) is 13.8 Å². The lowest BCUT2D eigenvalue weighted by Crippen LogP contribution is -2.28. The van der Waals surface area contributed by atoms with E-state index in [-0.39, 0.29) is 0 Å². The van der Waals surface area contributed by atoms with E-state index in [1.165, 1.54) is 5.56 Å². The van der Waals surface area contributed by atoms with Gasteiger partial charge in [0.1, 0.15) is 18.0 Å². The van der Waals surface area contributed by atoms with Gasteiger partial charge in [0.2, 0.25) is 0 Å². The number of rotatable bonds is 9. The molecule has 0 radical (unpaired) electrons. The van der Waals surface area contributed by atoms with Crippen LogP contribution in [0.15, 0.2) is 6.33 Å². The Morgan fingerprint density at radius 3 is 2.24 bits per heavy atom. The lowest BCUT2D eigenvalue weighted by atomic mass is 10.0. The Morgan fingerprint density at radius 2 is 1.71 bits per heavy atom. The summed E-state index contributed by atoms with van der Waals surface area (Å²) in [4.78, 5) is 11.1. The van der Waals surface area contributed by atoms with Gasteiger partial charge >= 0.3 is 0 Å². The van der Waals surface area contributed by atoms with Crippen molar-refractivity contribution in [1.82, 2.24) is 14.9 Å². The zero-order valence-corrected chi connectivity index (χ0v) is 14.4. The highest BCUT2D eigenvalue weighted by Gasteiger charge is 2.14. The van der Waals surface area contributed by atoms with Crippen molar-refractivity contribution in [2.75, 3.05) is 37.3 Å². The third kappa shape index (κ3) is 5.50. The van der Waals surface area contributed by atoms with E-state index in [1.54, 1.807) is 6.33 Å². The van der Waals surface area contributed by atoms with Gasteiger partial charge in [0, 0.05) is 24.7 Å². The molecule has 1 rings (SSSR count). The van der Waals surface area contributed by atoms with Gasteiger partial charge in [-0.2, -0.15) is 0 Å². The van der Waals surface area contributed by atoms with Crippen LogP contribution in [0.25, 0.3) is 0 Å². The van der Waals surface area contributed by atoms with E-state index in [0.29, 0.717) is 12.0 Å². The summed E-state index contributed by atoms with van der Waals surface area (Å²) in [5, 5.41) is 6.79. The van der Waals surface area contributed by atoms with Crippen molar-refractivity contribution in [2.45, 2.75) is 53.0 Å². The minimum atomic E-state index is 0.390. The summed E-state index contributed by atoms with van der Waals surface area (Å²) in [6, 6.07) is 0.593. The highest BCUT2D eigenvalue weighted by molar-refractivity contribution is 5.58. The lowest BCUT2D eigenvalue weighted by molar-refractivity contribution is 0.273. The maximum Gasteiger partial charge on any atom is 0.134 e. The highest BCUT2D eigenvalue weighted by atomic mass is 15.1. The third-order valence-electron chi connectivity index (χ3n) is 3.67. The molecule has 0 aliphatic carbocycles. The van der Waals surface area contributed by atoms with E-state index >= 15 is 0 Å². The fourth-order valence-electron chi connectivity index (χ4n) is 2.19. The molecular weight excluding hydrogens is 262 g/mol. The molecule has 0 fully saturated rings. The molecule has 1 heterocycles. The minimum absolute atomic E-state index is 0.390. The van der Waals surface area contributed by atoms with E-state index in [2.05, 4.69) is 67.2 Å². The molecule has 0 saturated heterocycles. The van der Waals surface area contributed by atoms with Crippen LogP contribution in [-0.4, -0.2) is 47.6 Å². The van der Waals surface area contributed by atoms with Gasteiger partial charge in [-0.25, -0.2) is 9.97 Å². The van der Waals surface area contributed by atoms with Crippen LogP contribution in [0.1, 0.15) is 52.5 Å². The molecule has 0 amide bonds. The Balaban J connectivity index is 2.64. The molecule has 0 aromatic carbocycles. The van der Waals surface area contributed by atoms with Crippen LogP contribution in [0.4, 0.5) is 11.6 Å². The number of hydrogen-bond donors (Lipinski definition) is 2. The summed E-state index contributed by atoms with van der Waals surface area (Å²) in [5.74, 6) is 2.30. The first kappa shape index (κ1) is 17.7. The Morgan fingerprint density at radius 1 is 1.10 bits per heavy atom. The molecule has 5 nitrogen and oxygen atoms in total. The Hall–Kier alpha value is -1.36. The Kier molecular flexibility index (Phi) is 7.43. The van der Waals surface area contributed by atoms with Gasteiger partial charge in [0.15, 0.2) is 0 Å². The second-order valence-electron chi connectivity index (χ2n) is 6.02. The summed E-state index contributed by atoms with van der Waals surface area (Å²) in [5.41, 5.74) is 1.18. The predicted octanol–water partition coefficient (Wildman–Crippen LogP) is 3.17. The summed E-state index contributed by atoms with van der Waals surface area (Å²) in [6.07, 6.45) is 2.74. The van der Waals surface area contributed by atoms with Crippen LogP contribution in [0.3, 0.4) is 0 Å². The second kappa shape index (κ2) is 8.82. The van der Waals surface area contributed by atoms with Gasteiger partial charge in [0.05, 0.1) is 0 Å². The van der Waals surface area contributed by atoms with Crippen molar-refractivity contribution in [1.29, 1.82) is 0 Å². The van der Waals surface area contributed by atoms with Gasteiger partial charge in [-0.05, 0) is 46.7 Å². The topological polar surface area (TPSA) is 53.1 Å². The van der Waals surface area contributed by atoms with Crippen LogP contribution < -0.4 is 10.6 Å². The number of hydrogen-bond acceptors (Lipinski definition) is 5. The molecular formula is C16H31N5. The van der Waals surface area contributed by atoms with Crippen molar-refractivity contribution in [3.8, 4) is 0 Å². The monoisotopic (exact) mass is 293 g/mol. The molecule has 2 N–H and O–H groups in total. The molecule has 0 aliphatic heterocycles. The molecule has 0 spiro atoms. The molecule has 1 aromatic heterocycles. The molecule has 21 heavy (non-hydrogen) atoms. The van der Waals surface area contributed by atoms with Crippen molar-refractivity contribution < 1.29 is 0 Å². The SMILES string of the molecule is CCNc1ncnc(NCCCN(C)C(C)C)c1C(C)C. The van der Waals surface area contributed by atoms with E-state index in [9.17, 15) is 0 Å². The van der Waals surface area contributed by atoms with Crippen molar-refractivity contribution in [3.63, 3.8) is 0 Å². The van der Waals surface area contributed by atoms with Crippen LogP contribution >= 0.6 is 0 Å². The zero-order chi connectivity index (χ0) is 15.8. The summed E-state index contributed by atoms with van der Waals surface area (Å²) in [7, 11) is 2.16. The first-order chi connectivity index (χ1) is 9.97. The fraction of sp³-hybridized carbons (Fsp3) is 0.750. The van der Waals surface area contributed by atoms with E-state index < -0.39 is 0 Å². The molecule has 0 bridgehead atoms. The van der Waals surface area contributed by atoms with Crippen LogP contribution in [0, 0.1) is 0 Å². The Labute approximate surface area is 129 Å². The lowest BCUT2D eigenvalue weighted by Gasteiger charge is -2.21. The number of nitrogens with one attached hydrogen (secondary N) is 2. The predicted molar refractivity (Wildman–Crippen MR) is 91.2 cm³/mol. The standard InChI is InChI=1S/C16H31N5/c1-7-17-15-14(12(2)3)16(20-11-19-15)18-9-8-10-21(6)13(4)5/h11-13H,7-10H2,1-6H3,(H2,17,18,19,20). The van der Waals surface area contributed by atoms with E-state index in [0.717, 1.165) is 37.7 Å². The quantitative estimate of drug-likeness (QED) is 0.685. The smallest absolute Gasteiger partial charge is 0.134 e. The van der Waals surface area contributed by atoms with Gasteiger partial charge in [-0.3, -0.25) is 0 Å². The number of anilines is 2. The molecule has 0 atom stereocenters. The maximum absolute atomic E-state index is 4.42. The van der Waals surface area contributed by atoms with Crippen LogP contribution in [0.5, 0.6) is 0 Å². The van der Waals surface area contributed by atoms with E-state index in [4.69, 9.17) is 0 Å². The molecule has 5 heteroatoms. The highest BCUT2D eigenvalue weighted by Crippen LogP contribution is 2.28. The fourth-order valence-corrected chi connectivity index (χ4v) is 2.19. The van der Waals surface area contributed by atoms with Crippen LogP contribution in [0.2, 0.25) is 0 Å². The largest absolute Gasteiger partial charge is 0.370 e. The average Bonchev–Trinajstić information content (AvgIpc) is 2.43. The first-order valence-electron chi connectivity index (χ1n) is 8.00. The normalized spacial score (nSPS) is 11.5. The maximum atomic E-state index is 4.42.